The summed E-state index contributed by atoms with van der Waals surface area (Å²) in [7, 11) is 0. The molecule has 0 aliphatic heterocycles. The predicted octanol–water partition coefficient (Wildman–Crippen LogP) is 25.0. The van der Waals surface area contributed by atoms with Crippen LogP contribution >= 0.6 is 0 Å². The Hall–Kier alpha value is -0.240. The molecule has 0 saturated heterocycles. The molecular weight excluding hydrogens is 1060 g/mol. The van der Waals surface area contributed by atoms with Crippen LogP contribution in [0.25, 0.3) is 0 Å². The van der Waals surface area contributed by atoms with Crippen LogP contribution in [0.5, 0.6) is 0 Å². The van der Waals surface area contributed by atoms with E-state index in [0.717, 1.165) is 98.4 Å². The van der Waals surface area contributed by atoms with Crippen LogP contribution in [0.4, 0.5) is 0 Å². The fourth-order valence-corrected chi connectivity index (χ4v) is 14.4. The number of nitrogens with two attached hydrogens (primary N) is 2. The molecule has 0 heterocycles. The van der Waals surface area contributed by atoms with Gasteiger partial charge in [0.2, 0.25) is 0 Å². The van der Waals surface area contributed by atoms with Crippen LogP contribution in [0.3, 0.4) is 0 Å². The van der Waals surface area contributed by atoms with Crippen molar-refractivity contribution >= 4 is 0 Å². The van der Waals surface area contributed by atoms with Crippen molar-refractivity contribution in [2.24, 2.45) is 70.6 Å². The predicted molar refractivity (Wildman–Crippen MR) is 386 cm³/mol. The smallest absolute Gasteiger partial charge is 0.0930 e. The maximum absolute atomic E-state index is 6.15. The summed E-state index contributed by atoms with van der Waals surface area (Å²) < 4.78 is 24.3. The van der Waals surface area contributed by atoms with E-state index in [1.54, 1.807) is 6.42 Å². The minimum Gasteiger partial charge on any atom is -0.379 e. The zero-order chi connectivity index (χ0) is 63.5. The van der Waals surface area contributed by atoms with Gasteiger partial charge in [-0.15, -0.1) is 0 Å². The summed E-state index contributed by atoms with van der Waals surface area (Å²) in [6.45, 7) is 29.8. The maximum atomic E-state index is 6.15. The van der Waals surface area contributed by atoms with Crippen LogP contribution in [0, 0.1) is 59.2 Å². The van der Waals surface area contributed by atoms with Gasteiger partial charge in [0.05, 0.1) is 25.4 Å². The van der Waals surface area contributed by atoms with Gasteiger partial charge < -0.3 is 30.4 Å². The van der Waals surface area contributed by atoms with Crippen molar-refractivity contribution in [1.29, 1.82) is 0 Å². The lowest BCUT2D eigenvalue weighted by Gasteiger charge is -2.19. The fourth-order valence-electron chi connectivity index (χ4n) is 14.4. The number of hydrogen-bond donors (Lipinski definition) is 2. The van der Waals surface area contributed by atoms with Crippen molar-refractivity contribution in [3.8, 4) is 0 Å². The van der Waals surface area contributed by atoms with Crippen molar-refractivity contribution in [2.45, 2.75) is 409 Å². The van der Waals surface area contributed by atoms with E-state index in [-0.39, 0.29) is 12.2 Å². The summed E-state index contributed by atoms with van der Waals surface area (Å²) in [5, 5.41) is 0. The van der Waals surface area contributed by atoms with Gasteiger partial charge in [-0.25, -0.2) is 0 Å². The first kappa shape index (κ1) is 84.8. The molecule has 522 valence electrons. The second-order valence-electron chi connectivity index (χ2n) is 31.5. The lowest BCUT2D eigenvalue weighted by molar-refractivity contribution is -0.0163. The molecule has 0 amide bonds. The number of hydrogen-bond acceptors (Lipinski definition) is 6. The first-order valence-electron chi connectivity index (χ1n) is 40.1. The quantitative estimate of drug-likeness (QED) is 0.0590. The summed E-state index contributed by atoms with van der Waals surface area (Å²) in [6, 6.07) is 0. The van der Waals surface area contributed by atoms with Crippen LogP contribution in [0.15, 0.2) is 0 Å². The Morgan fingerprint density at radius 2 is 0.494 bits per heavy atom. The minimum absolute atomic E-state index is 0.0430. The topological polar surface area (TPSA) is 89.0 Å². The molecule has 1 aliphatic carbocycles. The molecule has 6 nitrogen and oxygen atoms in total. The highest BCUT2D eigenvalue weighted by Crippen LogP contribution is 2.37. The molecule has 0 bridgehead atoms. The molecule has 1 rings (SSSR count). The zero-order valence-electron chi connectivity index (χ0n) is 61.4. The van der Waals surface area contributed by atoms with Gasteiger partial charge in [-0.1, -0.05) is 365 Å². The van der Waals surface area contributed by atoms with Gasteiger partial charge in [0, 0.05) is 39.5 Å². The minimum atomic E-state index is 0.0430. The molecule has 4 N–H and O–H groups in total. The third-order valence-electron chi connectivity index (χ3n) is 21.0. The molecule has 1 aliphatic rings. The van der Waals surface area contributed by atoms with E-state index in [9.17, 15) is 0 Å². The lowest BCUT2D eigenvalue weighted by atomic mass is 9.91. The van der Waals surface area contributed by atoms with Crippen molar-refractivity contribution in [3.05, 3.63) is 0 Å². The monoisotopic (exact) mass is 1230 g/mol. The van der Waals surface area contributed by atoms with Crippen molar-refractivity contribution in [2.75, 3.05) is 52.7 Å². The summed E-state index contributed by atoms with van der Waals surface area (Å²) in [5.74, 6) is 8.77. The SMILES string of the molecule is CC(C)CCC[C@@H](C)CCC[C@@H](C)CCCC(C)CCO[C@H](CN)COCCCCCCCCCCCCCCC[C@@H]1CC[C@H](CCCCCCCCCCCCCCCOC[C@@H](CN)OCCC(C)CCC[C@H](C)CCC[C@H](C)CCCC(C)C)C1. The normalized spacial score (nSPS) is 17.6. The van der Waals surface area contributed by atoms with Crippen molar-refractivity contribution < 1.29 is 18.9 Å². The van der Waals surface area contributed by atoms with Gasteiger partial charge in [0.15, 0.2) is 0 Å². The lowest BCUT2D eigenvalue weighted by Crippen LogP contribution is -2.29. The first-order valence-corrected chi connectivity index (χ1v) is 40.1. The number of ether oxygens (including phenoxy) is 4. The Bertz CT molecular complexity index is 1250. The van der Waals surface area contributed by atoms with Crippen LogP contribution in [0.2, 0.25) is 0 Å². The van der Waals surface area contributed by atoms with Crippen LogP contribution < -0.4 is 11.5 Å². The molecule has 1 saturated carbocycles. The molecule has 1 fully saturated rings. The highest BCUT2D eigenvalue weighted by Gasteiger charge is 2.24. The standard InChI is InChI=1S/C81H164N2O4/c1-70(2)43-37-45-72(5)47-39-49-74(7)51-41-53-76(9)59-63-86-80(66-82)68-84-61-35-31-27-23-19-15-11-13-17-21-25-29-33-55-78-57-58-79(65-78)56-34-30-26-22-18-14-12-16-20-24-28-32-36-62-85-69-81(67-83)87-64-60-77(10)54-42-52-75(8)50-40-48-73(6)46-38-44-71(3)4/h70-81H,11-69,82-83H2,1-10H3/t72-,73-,74-,75-,76?,77?,78-,79+,80-,81-/m1/s1. The van der Waals surface area contributed by atoms with E-state index in [0.29, 0.717) is 26.3 Å². The van der Waals surface area contributed by atoms with Crippen molar-refractivity contribution in [3.63, 3.8) is 0 Å². The number of unbranched alkanes of at least 4 members (excludes halogenated alkanes) is 24. The molecule has 2 unspecified atom stereocenters. The second kappa shape index (κ2) is 63.2. The second-order valence-corrected chi connectivity index (χ2v) is 31.5. The maximum Gasteiger partial charge on any atom is 0.0930 e. The summed E-state index contributed by atoms with van der Waals surface area (Å²) in [4.78, 5) is 0. The molecule has 0 aromatic carbocycles. The molecule has 0 radical (unpaired) electrons. The Kier molecular flexibility index (Phi) is 61.6. The molecular formula is C81H164N2O4. The summed E-state index contributed by atoms with van der Waals surface area (Å²) in [6.07, 6.45) is 71.5. The average Bonchev–Trinajstić information content (AvgIpc) is 4.23. The van der Waals surface area contributed by atoms with E-state index < -0.39 is 0 Å². The fraction of sp³-hybridized carbons (Fsp3) is 1.00. The van der Waals surface area contributed by atoms with Gasteiger partial charge in [-0.3, -0.25) is 0 Å². The Balaban J connectivity index is 1.81. The summed E-state index contributed by atoms with van der Waals surface area (Å²) >= 11 is 0. The van der Waals surface area contributed by atoms with E-state index in [1.807, 2.05) is 0 Å². The van der Waals surface area contributed by atoms with E-state index in [2.05, 4.69) is 69.2 Å². The summed E-state index contributed by atoms with van der Waals surface area (Å²) in [5.41, 5.74) is 12.1. The first-order chi connectivity index (χ1) is 42.3. The van der Waals surface area contributed by atoms with Gasteiger partial charge in [0.25, 0.3) is 0 Å². The molecule has 10 atom stereocenters. The van der Waals surface area contributed by atoms with Gasteiger partial charge in [-0.05, 0) is 91.3 Å². The third kappa shape index (κ3) is 59.3. The highest BCUT2D eigenvalue weighted by molar-refractivity contribution is 4.76. The van der Waals surface area contributed by atoms with Crippen LogP contribution in [-0.2, 0) is 18.9 Å². The Morgan fingerprint density at radius 1 is 0.264 bits per heavy atom. The zero-order valence-corrected chi connectivity index (χ0v) is 61.4. The van der Waals surface area contributed by atoms with Crippen LogP contribution in [0.1, 0.15) is 397 Å². The van der Waals surface area contributed by atoms with E-state index >= 15 is 0 Å². The van der Waals surface area contributed by atoms with Gasteiger partial charge in [0.1, 0.15) is 0 Å². The third-order valence-corrected chi connectivity index (χ3v) is 21.0. The molecule has 0 aromatic rings. The van der Waals surface area contributed by atoms with E-state index in [4.69, 9.17) is 30.4 Å². The van der Waals surface area contributed by atoms with Gasteiger partial charge >= 0.3 is 0 Å². The molecule has 0 aromatic heterocycles. The Morgan fingerprint density at radius 3 is 0.747 bits per heavy atom. The average molecular weight is 1230 g/mol. The van der Waals surface area contributed by atoms with Crippen LogP contribution in [-0.4, -0.2) is 64.9 Å². The van der Waals surface area contributed by atoms with Crippen molar-refractivity contribution in [1.82, 2.24) is 0 Å². The van der Waals surface area contributed by atoms with E-state index in [1.165, 1.54) is 308 Å². The number of rotatable bonds is 70. The Labute approximate surface area is 548 Å². The highest BCUT2D eigenvalue weighted by atomic mass is 16.5. The molecule has 87 heavy (non-hydrogen) atoms. The van der Waals surface area contributed by atoms with Gasteiger partial charge in [-0.2, -0.15) is 0 Å². The molecule has 0 spiro atoms. The largest absolute Gasteiger partial charge is 0.379 e. The molecule has 6 heteroatoms.